The number of nitrogens with one attached hydrogen (secondary N) is 2. The van der Waals surface area contributed by atoms with Crippen LogP contribution < -0.4 is 10.6 Å². The number of amides is 3. The molecule has 4 rings (SSSR count). The van der Waals surface area contributed by atoms with Crippen LogP contribution in [0.2, 0.25) is 0 Å². The average molecular weight is 357 g/mol. The van der Waals surface area contributed by atoms with Gasteiger partial charge in [-0.25, -0.2) is 0 Å². The van der Waals surface area contributed by atoms with Gasteiger partial charge in [0.1, 0.15) is 5.54 Å². The molecule has 0 aliphatic carbocycles. The quantitative estimate of drug-likeness (QED) is 0.639. The van der Waals surface area contributed by atoms with Crippen LogP contribution in [0.4, 0.5) is 5.69 Å². The molecule has 3 aliphatic heterocycles. The van der Waals surface area contributed by atoms with Crippen molar-refractivity contribution in [1.29, 1.82) is 0 Å². The Kier molecular flexibility index (Phi) is 3.40. The number of carbonyl (C=O) groups is 3. The van der Waals surface area contributed by atoms with E-state index in [4.69, 9.17) is 0 Å². The fraction of sp³-hybridized carbons (Fsp3) is 0.526. The topological polar surface area (TPSA) is 98.7 Å². The lowest BCUT2D eigenvalue weighted by molar-refractivity contribution is -0.148. The molecule has 5 atom stereocenters. The molecule has 0 saturated carbocycles. The van der Waals surface area contributed by atoms with Gasteiger partial charge in [0.2, 0.25) is 17.7 Å². The van der Waals surface area contributed by atoms with Crippen molar-refractivity contribution in [2.45, 2.75) is 50.9 Å². The summed E-state index contributed by atoms with van der Waals surface area (Å²) in [6, 6.07) is 6.49. The third-order valence-corrected chi connectivity index (χ3v) is 5.75. The molecule has 26 heavy (non-hydrogen) atoms. The molecule has 0 aromatic heterocycles. The van der Waals surface area contributed by atoms with Crippen LogP contribution >= 0.6 is 0 Å². The van der Waals surface area contributed by atoms with Crippen LogP contribution in [0.25, 0.3) is 0 Å². The number of likely N-dealkylation sites (tertiary alicyclic amines) is 1. The number of aliphatic hydroxyl groups excluding tert-OH is 1. The Balaban J connectivity index is 1.93. The lowest BCUT2D eigenvalue weighted by atomic mass is 9.76. The zero-order chi connectivity index (χ0) is 19.0. The van der Waals surface area contributed by atoms with Crippen molar-refractivity contribution in [2.24, 2.45) is 11.8 Å². The molecule has 1 aromatic rings. The fourth-order valence-corrected chi connectivity index (χ4v) is 4.76. The smallest absolute Gasteiger partial charge is 0.250 e. The number of para-hydroxylation sites is 1. The van der Waals surface area contributed by atoms with E-state index in [0.29, 0.717) is 11.3 Å². The minimum atomic E-state index is -1.34. The lowest BCUT2D eigenvalue weighted by Crippen LogP contribution is -2.57. The highest BCUT2D eigenvalue weighted by atomic mass is 16.3. The first kappa shape index (κ1) is 17.2. The van der Waals surface area contributed by atoms with E-state index in [2.05, 4.69) is 10.6 Å². The zero-order valence-corrected chi connectivity index (χ0v) is 15.2. The van der Waals surface area contributed by atoms with E-state index in [0.717, 1.165) is 0 Å². The van der Waals surface area contributed by atoms with Gasteiger partial charge in [0.15, 0.2) is 0 Å². The minimum Gasteiger partial charge on any atom is -0.392 e. The number of hydrogen-bond donors (Lipinski definition) is 3. The lowest BCUT2D eigenvalue weighted by Gasteiger charge is -2.35. The van der Waals surface area contributed by atoms with E-state index < -0.39 is 35.1 Å². The van der Waals surface area contributed by atoms with Gasteiger partial charge in [-0.2, -0.15) is 0 Å². The van der Waals surface area contributed by atoms with Crippen molar-refractivity contribution in [3.63, 3.8) is 0 Å². The van der Waals surface area contributed by atoms with Gasteiger partial charge in [-0.05, 0) is 33.8 Å². The summed E-state index contributed by atoms with van der Waals surface area (Å²) in [5, 5.41) is 16.3. The summed E-state index contributed by atoms with van der Waals surface area (Å²) >= 11 is 0. The second-order valence-electron chi connectivity index (χ2n) is 8.40. The van der Waals surface area contributed by atoms with E-state index in [1.165, 1.54) is 4.90 Å². The van der Waals surface area contributed by atoms with Gasteiger partial charge in [0, 0.05) is 22.8 Å². The number of nitrogens with zero attached hydrogens (tertiary/aromatic N) is 1. The largest absolute Gasteiger partial charge is 0.392 e. The molecular weight excluding hydrogens is 334 g/mol. The van der Waals surface area contributed by atoms with Gasteiger partial charge < -0.3 is 10.4 Å². The van der Waals surface area contributed by atoms with Gasteiger partial charge in [-0.1, -0.05) is 18.2 Å². The molecule has 1 spiro atoms. The highest BCUT2D eigenvalue weighted by Gasteiger charge is 2.71. The molecular formula is C19H23N3O4. The minimum absolute atomic E-state index is 0.333. The number of rotatable bonds is 1. The van der Waals surface area contributed by atoms with E-state index in [-0.39, 0.29) is 17.7 Å². The SMILES string of the molecule is C[C@@H](O)[C@H]1N[C@]2(C(=O)Nc3ccccc32)[C@@H]2C(=O)N(C(C)(C)C)C(=O)[C@H]12. The normalized spacial score (nSPS) is 34.3. The van der Waals surface area contributed by atoms with Crippen molar-refractivity contribution in [3.05, 3.63) is 29.8 Å². The molecule has 2 saturated heterocycles. The Morgan fingerprint density at radius 3 is 2.42 bits per heavy atom. The van der Waals surface area contributed by atoms with Crippen molar-refractivity contribution in [2.75, 3.05) is 5.32 Å². The predicted molar refractivity (Wildman–Crippen MR) is 93.9 cm³/mol. The first-order valence-corrected chi connectivity index (χ1v) is 8.85. The predicted octanol–water partition coefficient (Wildman–Crippen LogP) is 0.586. The van der Waals surface area contributed by atoms with Gasteiger partial charge in [-0.3, -0.25) is 24.6 Å². The third kappa shape index (κ3) is 1.92. The molecule has 3 N–H and O–H groups in total. The maximum absolute atomic E-state index is 13.3. The second kappa shape index (κ2) is 5.14. The number of fused-ring (bicyclic) bond motifs is 4. The molecule has 1 aromatic carbocycles. The molecule has 3 heterocycles. The molecule has 138 valence electrons. The van der Waals surface area contributed by atoms with Crippen LogP contribution in [-0.4, -0.2) is 45.4 Å². The highest BCUT2D eigenvalue weighted by molar-refractivity contribution is 6.15. The maximum atomic E-state index is 13.3. The zero-order valence-electron chi connectivity index (χ0n) is 15.2. The first-order valence-electron chi connectivity index (χ1n) is 8.85. The van der Waals surface area contributed by atoms with E-state index in [9.17, 15) is 19.5 Å². The van der Waals surface area contributed by atoms with Gasteiger partial charge in [-0.15, -0.1) is 0 Å². The van der Waals surface area contributed by atoms with Crippen LogP contribution in [0, 0.1) is 11.8 Å². The molecule has 7 heteroatoms. The van der Waals surface area contributed by atoms with Crippen molar-refractivity contribution in [3.8, 4) is 0 Å². The third-order valence-electron chi connectivity index (χ3n) is 5.75. The number of anilines is 1. The Bertz CT molecular complexity index is 828. The standard InChI is InChI=1S/C19H23N3O4/c1-9(23)14-12-13(16(25)22(15(12)24)18(2,3)4)19(21-14)10-7-5-6-8-11(10)20-17(19)26/h5-9,12-14,21,23H,1-4H3,(H,20,26)/t9-,12+,13+,14-,19+/m1/s1. The van der Waals surface area contributed by atoms with Gasteiger partial charge >= 0.3 is 0 Å². The number of aliphatic hydroxyl groups is 1. The summed E-state index contributed by atoms with van der Waals surface area (Å²) in [5.74, 6) is -2.71. The average Bonchev–Trinajstić information content (AvgIpc) is 3.12. The molecule has 0 unspecified atom stereocenters. The number of benzene rings is 1. The van der Waals surface area contributed by atoms with Crippen molar-refractivity contribution >= 4 is 23.4 Å². The Morgan fingerprint density at radius 2 is 1.81 bits per heavy atom. The first-order chi connectivity index (χ1) is 12.1. The van der Waals surface area contributed by atoms with Crippen LogP contribution in [0.5, 0.6) is 0 Å². The van der Waals surface area contributed by atoms with Crippen molar-refractivity contribution in [1.82, 2.24) is 10.2 Å². The van der Waals surface area contributed by atoms with E-state index in [1.807, 2.05) is 0 Å². The Hall–Kier alpha value is -2.25. The second-order valence-corrected chi connectivity index (χ2v) is 8.40. The van der Waals surface area contributed by atoms with Crippen LogP contribution in [-0.2, 0) is 19.9 Å². The molecule has 3 aliphatic rings. The van der Waals surface area contributed by atoms with Crippen LogP contribution in [0.1, 0.15) is 33.3 Å². The summed E-state index contributed by atoms with van der Waals surface area (Å²) in [4.78, 5) is 40.8. The Labute approximate surface area is 151 Å². The number of hydrogen-bond acceptors (Lipinski definition) is 5. The van der Waals surface area contributed by atoms with Crippen molar-refractivity contribution < 1.29 is 19.5 Å². The summed E-state index contributed by atoms with van der Waals surface area (Å²) in [7, 11) is 0. The van der Waals surface area contributed by atoms with E-state index in [1.54, 1.807) is 52.0 Å². The van der Waals surface area contributed by atoms with Crippen LogP contribution in [0.3, 0.4) is 0 Å². The molecule has 0 bridgehead atoms. The molecule has 7 nitrogen and oxygen atoms in total. The molecule has 3 amide bonds. The summed E-state index contributed by atoms with van der Waals surface area (Å²) in [6.07, 6.45) is -0.890. The highest BCUT2D eigenvalue weighted by Crippen LogP contribution is 2.54. The number of imide groups is 1. The summed E-state index contributed by atoms with van der Waals surface area (Å²) in [5.41, 5.74) is -0.753. The summed E-state index contributed by atoms with van der Waals surface area (Å²) in [6.45, 7) is 6.96. The monoisotopic (exact) mass is 357 g/mol. The number of carbonyl (C=O) groups excluding carboxylic acids is 3. The maximum Gasteiger partial charge on any atom is 0.250 e. The molecule has 2 fully saturated rings. The van der Waals surface area contributed by atoms with Gasteiger partial charge in [0.05, 0.1) is 17.9 Å². The molecule has 0 radical (unpaired) electrons. The van der Waals surface area contributed by atoms with E-state index >= 15 is 0 Å². The van der Waals surface area contributed by atoms with Gasteiger partial charge in [0.25, 0.3) is 0 Å². The fourth-order valence-electron chi connectivity index (χ4n) is 4.76. The Morgan fingerprint density at radius 1 is 1.15 bits per heavy atom. The van der Waals surface area contributed by atoms with Crippen LogP contribution in [0.15, 0.2) is 24.3 Å². The summed E-state index contributed by atoms with van der Waals surface area (Å²) < 4.78 is 0.